The van der Waals surface area contributed by atoms with Crippen LogP contribution in [0.2, 0.25) is 10.0 Å². The predicted molar refractivity (Wildman–Crippen MR) is 56.5 cm³/mol. The van der Waals surface area contributed by atoms with Crippen LogP contribution in [0.1, 0.15) is 17.9 Å². The van der Waals surface area contributed by atoms with Crippen LogP contribution in [0.3, 0.4) is 0 Å². The van der Waals surface area contributed by atoms with E-state index in [9.17, 15) is 4.79 Å². The van der Waals surface area contributed by atoms with Gasteiger partial charge in [0.2, 0.25) is 5.91 Å². The lowest BCUT2D eigenvalue weighted by atomic mass is 10.1. The highest BCUT2D eigenvalue weighted by Crippen LogP contribution is 2.48. The van der Waals surface area contributed by atoms with Crippen LogP contribution in [-0.2, 0) is 4.79 Å². The van der Waals surface area contributed by atoms with Gasteiger partial charge in [0.1, 0.15) is 0 Å². The normalized spacial score (nSPS) is 24.7. The third-order valence-electron chi connectivity index (χ3n) is 2.53. The lowest BCUT2D eigenvalue weighted by Gasteiger charge is -2.01. The predicted octanol–water partition coefficient (Wildman–Crippen LogP) is 2.58. The maximum Gasteiger partial charge on any atom is 0.221 e. The molecule has 0 unspecified atom stereocenters. The highest BCUT2D eigenvalue weighted by Gasteiger charge is 2.42. The Hall–Kier alpha value is -0.730. The molecule has 4 heteroatoms. The summed E-state index contributed by atoms with van der Waals surface area (Å²) in [6.07, 6.45) is 0.827. The molecule has 1 aliphatic carbocycles. The van der Waals surface area contributed by atoms with Crippen molar-refractivity contribution in [2.75, 3.05) is 0 Å². The number of nitrogens with two attached hydrogens (primary N) is 1. The van der Waals surface area contributed by atoms with Gasteiger partial charge in [0, 0.05) is 5.92 Å². The zero-order valence-corrected chi connectivity index (χ0v) is 8.85. The Morgan fingerprint density at radius 1 is 1.36 bits per heavy atom. The summed E-state index contributed by atoms with van der Waals surface area (Å²) in [6, 6.07) is 5.44. The summed E-state index contributed by atoms with van der Waals surface area (Å²) in [6.45, 7) is 0. The Morgan fingerprint density at radius 2 is 2.07 bits per heavy atom. The molecule has 2 N–H and O–H groups in total. The van der Waals surface area contributed by atoms with Crippen LogP contribution in [0.15, 0.2) is 18.2 Å². The average Bonchev–Trinajstić information content (AvgIpc) is 2.89. The minimum atomic E-state index is -0.235. The number of carbonyl (C=O) groups is 1. The van der Waals surface area contributed by atoms with Gasteiger partial charge in [0.15, 0.2) is 0 Å². The van der Waals surface area contributed by atoms with Crippen molar-refractivity contribution < 1.29 is 4.79 Å². The first-order chi connectivity index (χ1) is 6.59. The van der Waals surface area contributed by atoms with E-state index in [1.54, 1.807) is 12.1 Å². The summed E-state index contributed by atoms with van der Waals surface area (Å²) in [5.41, 5.74) is 6.24. The van der Waals surface area contributed by atoms with Crippen LogP contribution in [0.25, 0.3) is 0 Å². The number of benzene rings is 1. The van der Waals surface area contributed by atoms with E-state index in [1.807, 2.05) is 6.07 Å². The fourth-order valence-electron chi connectivity index (χ4n) is 1.62. The van der Waals surface area contributed by atoms with Gasteiger partial charge in [-0.1, -0.05) is 29.3 Å². The molecule has 0 heterocycles. The van der Waals surface area contributed by atoms with Gasteiger partial charge in [-0.2, -0.15) is 0 Å². The van der Waals surface area contributed by atoms with Crippen LogP contribution in [0.5, 0.6) is 0 Å². The third kappa shape index (κ3) is 1.72. The van der Waals surface area contributed by atoms with Crippen LogP contribution >= 0.6 is 23.2 Å². The van der Waals surface area contributed by atoms with E-state index in [-0.39, 0.29) is 17.7 Å². The Labute approximate surface area is 92.0 Å². The summed E-state index contributed by atoms with van der Waals surface area (Å²) in [5.74, 6) is -0.0180. The smallest absolute Gasteiger partial charge is 0.221 e. The van der Waals surface area contributed by atoms with E-state index >= 15 is 0 Å². The second kappa shape index (κ2) is 3.44. The number of amides is 1. The van der Waals surface area contributed by atoms with Gasteiger partial charge in [-0.15, -0.1) is 0 Å². The van der Waals surface area contributed by atoms with E-state index in [0.29, 0.717) is 10.0 Å². The fourth-order valence-corrected chi connectivity index (χ4v) is 1.93. The zero-order chi connectivity index (χ0) is 10.3. The van der Waals surface area contributed by atoms with E-state index in [1.165, 1.54) is 0 Å². The molecule has 14 heavy (non-hydrogen) atoms. The van der Waals surface area contributed by atoms with Crippen LogP contribution in [-0.4, -0.2) is 5.91 Å². The molecular formula is C10H9Cl2NO. The van der Waals surface area contributed by atoms with Gasteiger partial charge < -0.3 is 5.73 Å². The first-order valence-corrected chi connectivity index (χ1v) is 5.09. The van der Waals surface area contributed by atoms with E-state index in [2.05, 4.69) is 0 Å². The van der Waals surface area contributed by atoms with E-state index in [0.717, 1.165) is 12.0 Å². The minimum Gasteiger partial charge on any atom is -0.369 e. The molecule has 1 aromatic carbocycles. The molecule has 0 aliphatic heterocycles. The van der Waals surface area contributed by atoms with Crippen LogP contribution < -0.4 is 5.73 Å². The van der Waals surface area contributed by atoms with E-state index < -0.39 is 0 Å². The SMILES string of the molecule is NC(=O)[C@H]1C[C@H]1c1ccc(Cl)c(Cl)c1. The summed E-state index contributed by atoms with van der Waals surface area (Å²) in [7, 11) is 0. The van der Waals surface area contributed by atoms with Gasteiger partial charge in [0.05, 0.1) is 10.0 Å². The molecule has 0 spiro atoms. The Balaban J connectivity index is 2.20. The quantitative estimate of drug-likeness (QED) is 0.833. The summed E-state index contributed by atoms with van der Waals surface area (Å²) >= 11 is 11.6. The number of hydrogen-bond donors (Lipinski definition) is 1. The molecule has 1 fully saturated rings. The topological polar surface area (TPSA) is 43.1 Å². The number of carbonyl (C=O) groups excluding carboxylic acids is 1. The first kappa shape index (κ1) is 9.81. The highest BCUT2D eigenvalue weighted by molar-refractivity contribution is 6.42. The zero-order valence-electron chi connectivity index (χ0n) is 7.34. The van der Waals surface area contributed by atoms with Crippen molar-refractivity contribution in [1.29, 1.82) is 0 Å². The maximum absolute atomic E-state index is 10.9. The number of rotatable bonds is 2. The lowest BCUT2D eigenvalue weighted by Crippen LogP contribution is -2.13. The third-order valence-corrected chi connectivity index (χ3v) is 3.27. The molecule has 2 atom stereocenters. The van der Waals surface area contributed by atoms with Crippen LogP contribution in [0, 0.1) is 5.92 Å². The molecule has 1 aromatic rings. The summed E-state index contributed by atoms with van der Waals surface area (Å²) in [5, 5.41) is 1.06. The van der Waals surface area contributed by atoms with Crippen molar-refractivity contribution in [1.82, 2.24) is 0 Å². The highest BCUT2D eigenvalue weighted by atomic mass is 35.5. The molecule has 0 aromatic heterocycles. The summed E-state index contributed by atoms with van der Waals surface area (Å²) < 4.78 is 0. The number of halogens is 2. The van der Waals surface area contributed by atoms with Crippen molar-refractivity contribution in [2.45, 2.75) is 12.3 Å². The molecular weight excluding hydrogens is 221 g/mol. The Bertz CT molecular complexity index is 392. The Kier molecular flexibility index (Phi) is 2.41. The fraction of sp³-hybridized carbons (Fsp3) is 0.300. The molecule has 0 radical (unpaired) electrons. The molecule has 0 bridgehead atoms. The standard InChI is InChI=1S/C10H9Cl2NO/c11-8-2-1-5(3-9(8)12)6-4-7(6)10(13)14/h1-3,6-7H,4H2,(H2,13,14)/t6-,7-/m0/s1. The van der Waals surface area contributed by atoms with Crippen molar-refractivity contribution >= 4 is 29.1 Å². The Morgan fingerprint density at radius 3 is 2.57 bits per heavy atom. The van der Waals surface area contributed by atoms with Gasteiger partial charge in [-0.25, -0.2) is 0 Å². The number of primary amides is 1. The average molecular weight is 230 g/mol. The molecule has 1 amide bonds. The largest absolute Gasteiger partial charge is 0.369 e. The second-order valence-corrected chi connectivity index (χ2v) is 4.34. The molecule has 1 aliphatic rings. The van der Waals surface area contributed by atoms with Crippen molar-refractivity contribution in [2.24, 2.45) is 11.7 Å². The van der Waals surface area contributed by atoms with Gasteiger partial charge in [-0.3, -0.25) is 4.79 Å². The van der Waals surface area contributed by atoms with Crippen molar-refractivity contribution in [3.8, 4) is 0 Å². The van der Waals surface area contributed by atoms with Gasteiger partial charge >= 0.3 is 0 Å². The molecule has 2 rings (SSSR count). The maximum atomic E-state index is 10.9. The molecule has 2 nitrogen and oxygen atoms in total. The second-order valence-electron chi connectivity index (χ2n) is 3.52. The van der Waals surface area contributed by atoms with Crippen LogP contribution in [0.4, 0.5) is 0 Å². The molecule has 1 saturated carbocycles. The van der Waals surface area contributed by atoms with Crippen molar-refractivity contribution in [3.63, 3.8) is 0 Å². The van der Waals surface area contributed by atoms with Gasteiger partial charge in [0.25, 0.3) is 0 Å². The monoisotopic (exact) mass is 229 g/mol. The lowest BCUT2D eigenvalue weighted by molar-refractivity contribution is -0.119. The summed E-state index contributed by atoms with van der Waals surface area (Å²) in [4.78, 5) is 10.9. The number of hydrogen-bond acceptors (Lipinski definition) is 1. The molecule has 74 valence electrons. The molecule has 0 saturated heterocycles. The minimum absolute atomic E-state index is 0.0211. The first-order valence-electron chi connectivity index (χ1n) is 4.34. The van der Waals surface area contributed by atoms with Crippen molar-refractivity contribution in [3.05, 3.63) is 33.8 Å². The van der Waals surface area contributed by atoms with E-state index in [4.69, 9.17) is 28.9 Å². The van der Waals surface area contributed by atoms with Gasteiger partial charge in [-0.05, 0) is 30.0 Å².